The van der Waals surface area contributed by atoms with E-state index in [4.69, 9.17) is 0 Å². The minimum Gasteiger partial charge on any atom is -0.389 e. The molecular formula is C15H18F2N2O2. The second kappa shape index (κ2) is 5.33. The molecule has 1 saturated heterocycles. The average Bonchev–Trinajstić information content (AvgIpc) is 2.48. The quantitative estimate of drug-likeness (QED) is 0.808. The Bertz CT molecular complexity index is 567. The van der Waals surface area contributed by atoms with E-state index < -0.39 is 23.3 Å². The summed E-state index contributed by atoms with van der Waals surface area (Å²) in [6, 6.07) is 1.20. The van der Waals surface area contributed by atoms with Crippen LogP contribution in [0.5, 0.6) is 0 Å². The summed E-state index contributed by atoms with van der Waals surface area (Å²) < 4.78 is 26.8. The maximum absolute atomic E-state index is 13.7. The van der Waals surface area contributed by atoms with Gasteiger partial charge < -0.3 is 10.0 Å². The fourth-order valence-corrected chi connectivity index (χ4v) is 3.51. The molecule has 0 spiro atoms. The van der Waals surface area contributed by atoms with E-state index in [0.717, 1.165) is 31.9 Å². The first kappa shape index (κ1) is 14.4. The smallest absolute Gasteiger partial charge is 0.257 e. The third-order valence-corrected chi connectivity index (χ3v) is 4.79. The summed E-state index contributed by atoms with van der Waals surface area (Å²) >= 11 is 0. The number of hydrogen-bond acceptors (Lipinski definition) is 3. The van der Waals surface area contributed by atoms with Gasteiger partial charge in [-0.25, -0.2) is 9.37 Å². The molecule has 0 radical (unpaired) electrons. The maximum Gasteiger partial charge on any atom is 0.257 e. The van der Waals surface area contributed by atoms with Crippen molar-refractivity contribution in [2.75, 3.05) is 13.1 Å². The maximum atomic E-state index is 13.7. The molecule has 1 amide bonds. The van der Waals surface area contributed by atoms with Gasteiger partial charge in [-0.15, -0.1) is 0 Å². The van der Waals surface area contributed by atoms with Gasteiger partial charge in [-0.1, -0.05) is 12.8 Å². The topological polar surface area (TPSA) is 53.4 Å². The van der Waals surface area contributed by atoms with Gasteiger partial charge >= 0.3 is 0 Å². The van der Waals surface area contributed by atoms with Crippen LogP contribution in [0, 0.1) is 17.7 Å². The molecule has 0 bridgehead atoms. The molecule has 1 aliphatic heterocycles. The van der Waals surface area contributed by atoms with Crippen LogP contribution in [-0.2, 0) is 0 Å². The standard InChI is InChI=1S/C15H18F2N2O2/c16-12-11(4-7-18-13(12)17)14(20)19-8-6-15(21)5-2-1-3-10(15)9-19/h4,7,10,21H,1-3,5-6,8-9H2. The highest BCUT2D eigenvalue weighted by Gasteiger charge is 2.44. The van der Waals surface area contributed by atoms with Gasteiger partial charge in [-0.05, 0) is 25.3 Å². The van der Waals surface area contributed by atoms with Crippen LogP contribution < -0.4 is 0 Å². The fraction of sp³-hybridized carbons (Fsp3) is 0.600. The Labute approximate surface area is 121 Å². The first-order chi connectivity index (χ1) is 10.0. The molecule has 1 aromatic rings. The molecule has 3 rings (SSSR count). The van der Waals surface area contributed by atoms with Gasteiger partial charge in [0.25, 0.3) is 5.91 Å². The predicted octanol–water partition coefficient (Wildman–Crippen LogP) is 2.13. The van der Waals surface area contributed by atoms with Crippen molar-refractivity contribution in [2.24, 2.45) is 5.92 Å². The molecule has 2 heterocycles. The Hall–Kier alpha value is -1.56. The van der Waals surface area contributed by atoms with E-state index in [0.29, 0.717) is 19.5 Å². The van der Waals surface area contributed by atoms with E-state index in [-0.39, 0.29) is 11.5 Å². The Morgan fingerprint density at radius 2 is 2.19 bits per heavy atom. The van der Waals surface area contributed by atoms with Crippen molar-refractivity contribution in [3.8, 4) is 0 Å². The van der Waals surface area contributed by atoms with E-state index in [1.54, 1.807) is 0 Å². The second-order valence-electron chi connectivity index (χ2n) is 6.01. The first-order valence-electron chi connectivity index (χ1n) is 7.33. The van der Waals surface area contributed by atoms with Gasteiger partial charge in [0.2, 0.25) is 5.95 Å². The predicted molar refractivity (Wildman–Crippen MR) is 71.6 cm³/mol. The van der Waals surface area contributed by atoms with Crippen molar-refractivity contribution in [1.29, 1.82) is 0 Å². The molecule has 2 aliphatic rings. The number of rotatable bonds is 1. The highest BCUT2D eigenvalue weighted by molar-refractivity contribution is 5.94. The zero-order valence-electron chi connectivity index (χ0n) is 11.7. The summed E-state index contributed by atoms with van der Waals surface area (Å²) in [5.74, 6) is -2.96. The molecule has 2 unspecified atom stereocenters. The van der Waals surface area contributed by atoms with Crippen LogP contribution in [0.1, 0.15) is 42.5 Å². The first-order valence-corrected chi connectivity index (χ1v) is 7.33. The number of pyridine rings is 1. The summed E-state index contributed by atoms with van der Waals surface area (Å²) in [7, 11) is 0. The van der Waals surface area contributed by atoms with Crippen molar-refractivity contribution in [3.63, 3.8) is 0 Å². The summed E-state index contributed by atoms with van der Waals surface area (Å²) in [6.07, 6.45) is 5.26. The van der Waals surface area contributed by atoms with Crippen LogP contribution in [-0.4, -0.2) is 39.6 Å². The van der Waals surface area contributed by atoms with Gasteiger partial charge in [0.1, 0.15) is 0 Å². The van der Waals surface area contributed by atoms with Crippen LogP contribution in [0.4, 0.5) is 8.78 Å². The lowest BCUT2D eigenvalue weighted by molar-refractivity contribution is -0.0886. The van der Waals surface area contributed by atoms with Crippen LogP contribution in [0.15, 0.2) is 12.3 Å². The van der Waals surface area contributed by atoms with Crippen LogP contribution in [0.2, 0.25) is 0 Å². The Balaban J connectivity index is 1.79. The number of carbonyl (C=O) groups is 1. The van der Waals surface area contributed by atoms with Crippen LogP contribution in [0.3, 0.4) is 0 Å². The minimum atomic E-state index is -1.26. The molecule has 114 valence electrons. The number of carbonyl (C=O) groups excluding carboxylic acids is 1. The molecule has 2 fully saturated rings. The number of fused-ring (bicyclic) bond motifs is 1. The van der Waals surface area contributed by atoms with Crippen molar-refractivity contribution < 1.29 is 18.7 Å². The third-order valence-electron chi connectivity index (χ3n) is 4.79. The molecule has 1 aliphatic carbocycles. The summed E-state index contributed by atoms with van der Waals surface area (Å²) in [5, 5.41) is 10.6. The number of halogens is 2. The monoisotopic (exact) mass is 296 g/mol. The Kier molecular flexibility index (Phi) is 3.65. The molecule has 6 heteroatoms. The van der Waals surface area contributed by atoms with Crippen LogP contribution in [0.25, 0.3) is 0 Å². The highest BCUT2D eigenvalue weighted by Crippen LogP contribution is 2.40. The number of amides is 1. The molecule has 1 saturated carbocycles. The van der Waals surface area contributed by atoms with Gasteiger partial charge in [0.05, 0.1) is 11.2 Å². The number of likely N-dealkylation sites (tertiary alicyclic amines) is 1. The molecule has 1 aromatic heterocycles. The number of aromatic nitrogens is 1. The molecule has 2 atom stereocenters. The average molecular weight is 296 g/mol. The Morgan fingerprint density at radius 1 is 1.38 bits per heavy atom. The molecule has 0 aromatic carbocycles. The van der Waals surface area contributed by atoms with Gasteiger partial charge in [-0.3, -0.25) is 4.79 Å². The van der Waals surface area contributed by atoms with Gasteiger partial charge in [0, 0.05) is 25.2 Å². The van der Waals surface area contributed by atoms with Crippen LogP contribution >= 0.6 is 0 Å². The zero-order chi connectivity index (χ0) is 15.0. The number of aliphatic hydroxyl groups is 1. The van der Waals surface area contributed by atoms with Crippen molar-refractivity contribution in [2.45, 2.75) is 37.7 Å². The number of nitrogens with zero attached hydrogens (tertiary/aromatic N) is 2. The number of piperidine rings is 1. The van der Waals surface area contributed by atoms with E-state index in [1.165, 1.54) is 11.0 Å². The molecular weight excluding hydrogens is 278 g/mol. The third kappa shape index (κ3) is 2.52. The molecule has 4 nitrogen and oxygen atoms in total. The van der Waals surface area contributed by atoms with Gasteiger partial charge in [-0.2, -0.15) is 4.39 Å². The van der Waals surface area contributed by atoms with Crippen molar-refractivity contribution >= 4 is 5.91 Å². The largest absolute Gasteiger partial charge is 0.389 e. The zero-order valence-corrected chi connectivity index (χ0v) is 11.7. The summed E-state index contributed by atoms with van der Waals surface area (Å²) in [5.41, 5.74) is -0.986. The van der Waals surface area contributed by atoms with E-state index >= 15 is 0 Å². The van der Waals surface area contributed by atoms with Crippen molar-refractivity contribution in [1.82, 2.24) is 9.88 Å². The Morgan fingerprint density at radius 3 is 3.00 bits per heavy atom. The summed E-state index contributed by atoms with van der Waals surface area (Å²) in [6.45, 7) is 0.772. The molecule has 1 N–H and O–H groups in total. The normalized spacial score (nSPS) is 29.1. The number of hydrogen-bond donors (Lipinski definition) is 1. The van der Waals surface area contributed by atoms with E-state index in [2.05, 4.69) is 4.98 Å². The lowest BCUT2D eigenvalue weighted by atomic mass is 9.71. The summed E-state index contributed by atoms with van der Waals surface area (Å²) in [4.78, 5) is 17.1. The second-order valence-corrected chi connectivity index (χ2v) is 6.01. The lowest BCUT2D eigenvalue weighted by Gasteiger charge is -2.47. The SMILES string of the molecule is O=C(c1ccnc(F)c1F)N1CCC2(O)CCCCC2C1. The molecule has 21 heavy (non-hydrogen) atoms. The van der Waals surface area contributed by atoms with Crippen molar-refractivity contribution in [3.05, 3.63) is 29.6 Å². The highest BCUT2D eigenvalue weighted by atomic mass is 19.2. The fourth-order valence-electron chi connectivity index (χ4n) is 3.51. The van der Waals surface area contributed by atoms with E-state index in [9.17, 15) is 18.7 Å². The van der Waals surface area contributed by atoms with Gasteiger partial charge in [0.15, 0.2) is 5.82 Å². The minimum absolute atomic E-state index is 0.0266. The van der Waals surface area contributed by atoms with E-state index in [1.807, 2.05) is 0 Å². The lowest BCUT2D eigenvalue weighted by Crippen LogP contribution is -2.54.